The Bertz CT molecular complexity index is 689. The molecule has 7 heteroatoms. The summed E-state index contributed by atoms with van der Waals surface area (Å²) in [7, 11) is 1.73. The molecule has 5 nitrogen and oxygen atoms in total. The van der Waals surface area contributed by atoms with Crippen LogP contribution in [0.25, 0.3) is 0 Å². The molecular formula is C18H21ClN2O3S. The number of ether oxygens (including phenoxy) is 1. The largest absolute Gasteiger partial charge is 0.492 e. The van der Waals surface area contributed by atoms with Crippen molar-refractivity contribution in [2.24, 2.45) is 0 Å². The van der Waals surface area contributed by atoms with E-state index >= 15 is 0 Å². The van der Waals surface area contributed by atoms with Crippen LogP contribution in [0.2, 0.25) is 5.02 Å². The molecule has 25 heavy (non-hydrogen) atoms. The summed E-state index contributed by atoms with van der Waals surface area (Å²) in [5, 5.41) is 5.41. The third-order valence-corrected chi connectivity index (χ3v) is 4.82. The minimum atomic E-state index is -0.301. The number of rotatable bonds is 8. The normalized spacial score (nSPS) is 11.6. The van der Waals surface area contributed by atoms with Crippen LogP contribution in [0.15, 0.2) is 41.8 Å². The van der Waals surface area contributed by atoms with Crippen molar-refractivity contribution in [1.29, 1.82) is 0 Å². The predicted molar refractivity (Wildman–Crippen MR) is 100 cm³/mol. The molecule has 0 saturated heterocycles. The molecule has 2 amide bonds. The van der Waals surface area contributed by atoms with Gasteiger partial charge in [-0.25, -0.2) is 0 Å². The summed E-state index contributed by atoms with van der Waals surface area (Å²) in [4.78, 5) is 26.4. The molecule has 1 heterocycles. The monoisotopic (exact) mass is 380 g/mol. The fourth-order valence-electron chi connectivity index (χ4n) is 2.24. The molecule has 0 bridgehead atoms. The highest BCUT2D eigenvalue weighted by Gasteiger charge is 2.20. The highest BCUT2D eigenvalue weighted by Crippen LogP contribution is 2.22. The van der Waals surface area contributed by atoms with Crippen LogP contribution < -0.4 is 10.1 Å². The quantitative estimate of drug-likeness (QED) is 0.762. The lowest BCUT2D eigenvalue weighted by Crippen LogP contribution is -2.35. The van der Waals surface area contributed by atoms with Gasteiger partial charge < -0.3 is 15.0 Å². The fraction of sp³-hybridized carbons (Fsp3) is 0.333. The van der Waals surface area contributed by atoms with Gasteiger partial charge in [0.1, 0.15) is 12.4 Å². The first kappa shape index (κ1) is 19.3. The average molecular weight is 381 g/mol. The number of carbonyl (C=O) groups is 2. The number of benzene rings is 1. The van der Waals surface area contributed by atoms with Crippen LogP contribution in [0.4, 0.5) is 0 Å². The van der Waals surface area contributed by atoms with Gasteiger partial charge in [-0.1, -0.05) is 17.7 Å². The second-order valence-electron chi connectivity index (χ2n) is 5.59. The summed E-state index contributed by atoms with van der Waals surface area (Å²) < 4.78 is 5.60. The zero-order chi connectivity index (χ0) is 18.2. The second kappa shape index (κ2) is 9.44. The molecule has 1 aromatic carbocycles. The van der Waals surface area contributed by atoms with Gasteiger partial charge in [-0.15, -0.1) is 11.3 Å². The van der Waals surface area contributed by atoms with E-state index in [0.717, 1.165) is 4.88 Å². The summed E-state index contributed by atoms with van der Waals surface area (Å²) in [6, 6.07) is 10.6. The van der Waals surface area contributed by atoms with Crippen molar-refractivity contribution in [3.63, 3.8) is 0 Å². The average Bonchev–Trinajstić information content (AvgIpc) is 3.10. The van der Waals surface area contributed by atoms with E-state index in [1.807, 2.05) is 17.5 Å². The molecule has 0 aliphatic carbocycles. The molecule has 0 aliphatic heterocycles. The van der Waals surface area contributed by atoms with Crippen molar-refractivity contribution in [3.05, 3.63) is 51.7 Å². The summed E-state index contributed by atoms with van der Waals surface area (Å²) in [6.45, 7) is 2.29. The summed E-state index contributed by atoms with van der Waals surface area (Å²) >= 11 is 7.35. The van der Waals surface area contributed by atoms with Crippen molar-refractivity contribution in [2.45, 2.75) is 19.4 Å². The lowest BCUT2D eigenvalue weighted by Gasteiger charge is -2.21. The van der Waals surface area contributed by atoms with Crippen LogP contribution in [0.1, 0.15) is 24.3 Å². The van der Waals surface area contributed by atoms with Gasteiger partial charge in [0.25, 0.3) is 0 Å². The smallest absolute Gasteiger partial charge is 0.224 e. The zero-order valence-electron chi connectivity index (χ0n) is 14.2. The van der Waals surface area contributed by atoms with Crippen molar-refractivity contribution in [2.75, 3.05) is 20.2 Å². The minimum absolute atomic E-state index is 0.0492. The second-order valence-corrected chi connectivity index (χ2v) is 7.01. The van der Waals surface area contributed by atoms with Gasteiger partial charge in [-0.3, -0.25) is 9.59 Å². The minimum Gasteiger partial charge on any atom is -0.492 e. The first-order chi connectivity index (χ1) is 12.0. The molecule has 134 valence electrons. The van der Waals surface area contributed by atoms with Crippen molar-refractivity contribution in [1.82, 2.24) is 10.2 Å². The van der Waals surface area contributed by atoms with E-state index in [-0.39, 0.29) is 24.3 Å². The molecular weight excluding hydrogens is 360 g/mol. The van der Waals surface area contributed by atoms with E-state index < -0.39 is 0 Å². The predicted octanol–water partition coefficient (Wildman–Crippen LogP) is 3.51. The topological polar surface area (TPSA) is 58.6 Å². The molecule has 0 aliphatic rings. The Morgan fingerprint density at radius 3 is 2.60 bits per heavy atom. The van der Waals surface area contributed by atoms with Gasteiger partial charge in [0.15, 0.2) is 0 Å². The number of carbonyl (C=O) groups excluding carboxylic acids is 2. The van der Waals surface area contributed by atoms with E-state index in [9.17, 15) is 9.59 Å². The van der Waals surface area contributed by atoms with Crippen molar-refractivity contribution >= 4 is 34.8 Å². The third-order valence-electron chi connectivity index (χ3n) is 3.58. The SMILES string of the molecule is CC(=O)NC(CC(=O)N(C)CCOc1ccc(Cl)cc1)c1cccs1. The Kier molecular flexibility index (Phi) is 7.28. The number of hydrogen-bond acceptors (Lipinski definition) is 4. The lowest BCUT2D eigenvalue weighted by molar-refractivity contribution is -0.131. The fourth-order valence-corrected chi connectivity index (χ4v) is 3.15. The van der Waals surface area contributed by atoms with Gasteiger partial charge in [0.05, 0.1) is 19.0 Å². The van der Waals surface area contributed by atoms with Crippen LogP contribution in [-0.4, -0.2) is 36.9 Å². The van der Waals surface area contributed by atoms with Gasteiger partial charge in [-0.2, -0.15) is 0 Å². The molecule has 2 rings (SSSR count). The van der Waals surface area contributed by atoms with Gasteiger partial charge in [0, 0.05) is 23.9 Å². The standard InChI is InChI=1S/C18H21ClN2O3S/c1-13(22)20-16(17-4-3-11-25-17)12-18(23)21(2)9-10-24-15-7-5-14(19)6-8-15/h3-8,11,16H,9-10,12H2,1-2H3,(H,20,22). The summed E-state index contributed by atoms with van der Waals surface area (Å²) in [5.74, 6) is 0.506. The van der Waals surface area contributed by atoms with E-state index in [1.165, 1.54) is 18.3 Å². The molecule has 1 unspecified atom stereocenters. The van der Waals surface area contributed by atoms with E-state index in [2.05, 4.69) is 5.32 Å². The van der Waals surface area contributed by atoms with Gasteiger partial charge in [0.2, 0.25) is 11.8 Å². The molecule has 2 aromatic rings. The third kappa shape index (κ3) is 6.40. The molecule has 0 saturated carbocycles. The maximum absolute atomic E-state index is 12.4. The summed E-state index contributed by atoms with van der Waals surface area (Å²) in [6.07, 6.45) is 0.220. The molecule has 0 spiro atoms. The van der Waals surface area contributed by atoms with Crippen molar-refractivity contribution in [3.8, 4) is 5.75 Å². The molecule has 1 aromatic heterocycles. The van der Waals surface area contributed by atoms with Crippen LogP contribution >= 0.6 is 22.9 Å². The van der Waals surface area contributed by atoms with Crippen LogP contribution in [0, 0.1) is 0 Å². The number of halogens is 1. The first-order valence-electron chi connectivity index (χ1n) is 7.88. The highest BCUT2D eigenvalue weighted by atomic mass is 35.5. The number of likely N-dealkylation sites (N-methyl/N-ethyl adjacent to an activating group) is 1. The van der Waals surface area contributed by atoms with Gasteiger partial charge in [-0.05, 0) is 35.7 Å². The zero-order valence-corrected chi connectivity index (χ0v) is 15.8. The van der Waals surface area contributed by atoms with E-state index in [1.54, 1.807) is 36.2 Å². The van der Waals surface area contributed by atoms with Crippen molar-refractivity contribution < 1.29 is 14.3 Å². The highest BCUT2D eigenvalue weighted by molar-refractivity contribution is 7.10. The molecule has 0 radical (unpaired) electrons. The van der Waals surface area contributed by atoms with Gasteiger partial charge >= 0.3 is 0 Å². The Labute approximate surface area is 156 Å². The number of hydrogen-bond donors (Lipinski definition) is 1. The van der Waals surface area contributed by atoms with E-state index in [0.29, 0.717) is 23.9 Å². The summed E-state index contributed by atoms with van der Waals surface area (Å²) in [5.41, 5.74) is 0. The lowest BCUT2D eigenvalue weighted by atomic mass is 10.1. The Balaban J connectivity index is 1.83. The Morgan fingerprint density at radius 2 is 2.00 bits per heavy atom. The number of nitrogens with one attached hydrogen (secondary N) is 1. The van der Waals surface area contributed by atoms with Crippen LogP contribution in [-0.2, 0) is 9.59 Å². The van der Waals surface area contributed by atoms with Crippen LogP contribution in [0.5, 0.6) is 5.75 Å². The Morgan fingerprint density at radius 1 is 1.28 bits per heavy atom. The van der Waals surface area contributed by atoms with Crippen LogP contribution in [0.3, 0.4) is 0 Å². The number of thiophene rings is 1. The molecule has 1 atom stereocenters. The molecule has 0 fully saturated rings. The number of nitrogens with zero attached hydrogens (tertiary/aromatic N) is 1. The molecule has 1 N–H and O–H groups in total. The first-order valence-corrected chi connectivity index (χ1v) is 9.14. The maximum atomic E-state index is 12.4. The Hall–Kier alpha value is -2.05. The van der Waals surface area contributed by atoms with E-state index in [4.69, 9.17) is 16.3 Å². The number of amides is 2. The maximum Gasteiger partial charge on any atom is 0.224 e.